The highest BCUT2D eigenvalue weighted by atomic mass is 35.5. The minimum atomic E-state index is -0.276. The normalized spacial score (nSPS) is 12.7. The number of rotatable bonds is 3. The number of halogens is 1. The van der Waals surface area contributed by atoms with E-state index in [0.29, 0.717) is 41.0 Å². The maximum atomic E-state index is 12.5. The van der Waals surface area contributed by atoms with Gasteiger partial charge in [0, 0.05) is 22.2 Å². The molecule has 0 radical (unpaired) electrons. The molecular formula is C17H12ClN3O3S. The standard InChI is InChI=1S/C17H12ClN3O3S/c18-13-7-11(8-15-16(13)24-6-5-23-15)17(22)19-12-3-1-10(2-4-12)14-9-25-21-20-14/h1-4,7-9H,5-6H2,(H,19,22). The number of carbonyl (C=O) groups excluding carboxylic acids is 1. The number of anilines is 1. The van der Waals surface area contributed by atoms with Gasteiger partial charge in [0.1, 0.15) is 18.9 Å². The van der Waals surface area contributed by atoms with E-state index in [-0.39, 0.29) is 5.91 Å². The molecule has 1 aliphatic heterocycles. The zero-order chi connectivity index (χ0) is 17.2. The third kappa shape index (κ3) is 3.29. The van der Waals surface area contributed by atoms with E-state index in [1.165, 1.54) is 11.5 Å². The maximum absolute atomic E-state index is 12.5. The molecule has 4 rings (SSSR count). The first-order valence-corrected chi connectivity index (χ1v) is 8.70. The quantitative estimate of drug-likeness (QED) is 0.754. The minimum absolute atomic E-state index is 0.276. The van der Waals surface area contributed by atoms with Gasteiger partial charge in [-0.15, -0.1) is 5.10 Å². The monoisotopic (exact) mass is 373 g/mol. The Hall–Kier alpha value is -2.64. The lowest BCUT2D eigenvalue weighted by Gasteiger charge is -2.20. The molecule has 1 aromatic heterocycles. The number of nitrogens with zero attached hydrogens (tertiary/aromatic N) is 2. The van der Waals surface area contributed by atoms with Crippen molar-refractivity contribution < 1.29 is 14.3 Å². The first kappa shape index (κ1) is 15.9. The third-order valence-corrected chi connectivity index (χ3v) is 4.44. The number of ether oxygens (including phenoxy) is 2. The largest absolute Gasteiger partial charge is 0.486 e. The van der Waals surface area contributed by atoms with Crippen LogP contribution in [-0.4, -0.2) is 28.7 Å². The molecule has 0 bridgehead atoms. The topological polar surface area (TPSA) is 73.3 Å². The molecule has 126 valence electrons. The van der Waals surface area contributed by atoms with Crippen LogP contribution in [0.2, 0.25) is 5.02 Å². The van der Waals surface area contributed by atoms with Crippen molar-refractivity contribution in [3.63, 3.8) is 0 Å². The molecular weight excluding hydrogens is 362 g/mol. The van der Waals surface area contributed by atoms with E-state index in [2.05, 4.69) is 14.9 Å². The molecule has 1 aliphatic rings. The summed E-state index contributed by atoms with van der Waals surface area (Å²) >= 11 is 7.47. The molecule has 0 saturated carbocycles. The summed E-state index contributed by atoms with van der Waals surface area (Å²) in [5.74, 6) is 0.683. The van der Waals surface area contributed by atoms with Crippen LogP contribution in [0.1, 0.15) is 10.4 Å². The summed E-state index contributed by atoms with van der Waals surface area (Å²) in [6.45, 7) is 0.875. The second-order valence-electron chi connectivity index (χ2n) is 5.30. The first-order valence-electron chi connectivity index (χ1n) is 7.49. The molecule has 0 atom stereocenters. The summed E-state index contributed by atoms with van der Waals surface area (Å²) in [5, 5.41) is 9.07. The Kier molecular flexibility index (Phi) is 4.25. The Labute approximate surface area is 152 Å². The molecule has 0 fully saturated rings. The minimum Gasteiger partial charge on any atom is -0.486 e. The van der Waals surface area contributed by atoms with Crippen LogP contribution < -0.4 is 14.8 Å². The highest BCUT2D eigenvalue weighted by molar-refractivity contribution is 7.03. The van der Waals surface area contributed by atoms with E-state index in [1.54, 1.807) is 12.1 Å². The molecule has 0 aliphatic carbocycles. The fraction of sp³-hybridized carbons (Fsp3) is 0.118. The molecule has 6 nitrogen and oxygen atoms in total. The van der Waals surface area contributed by atoms with Crippen molar-refractivity contribution in [3.8, 4) is 22.8 Å². The maximum Gasteiger partial charge on any atom is 0.255 e. The highest BCUT2D eigenvalue weighted by Crippen LogP contribution is 2.38. The van der Waals surface area contributed by atoms with Crippen molar-refractivity contribution >= 4 is 34.7 Å². The summed E-state index contributed by atoms with van der Waals surface area (Å²) in [4.78, 5) is 12.5. The van der Waals surface area contributed by atoms with E-state index < -0.39 is 0 Å². The number of hydrogen-bond donors (Lipinski definition) is 1. The van der Waals surface area contributed by atoms with Gasteiger partial charge >= 0.3 is 0 Å². The van der Waals surface area contributed by atoms with Gasteiger partial charge in [0.25, 0.3) is 5.91 Å². The van der Waals surface area contributed by atoms with Crippen molar-refractivity contribution in [1.82, 2.24) is 9.59 Å². The molecule has 8 heteroatoms. The fourth-order valence-corrected chi connectivity index (χ4v) is 3.19. The van der Waals surface area contributed by atoms with Crippen LogP contribution in [0.4, 0.5) is 5.69 Å². The lowest BCUT2D eigenvalue weighted by Crippen LogP contribution is -2.17. The van der Waals surface area contributed by atoms with Crippen LogP contribution >= 0.6 is 23.1 Å². The Morgan fingerprint density at radius 2 is 1.96 bits per heavy atom. The first-order chi connectivity index (χ1) is 12.2. The van der Waals surface area contributed by atoms with Gasteiger partial charge in [-0.1, -0.05) is 28.2 Å². The number of carbonyl (C=O) groups is 1. The summed E-state index contributed by atoms with van der Waals surface area (Å²) in [5.41, 5.74) is 2.82. The molecule has 2 heterocycles. The van der Waals surface area contributed by atoms with E-state index >= 15 is 0 Å². The van der Waals surface area contributed by atoms with Crippen molar-refractivity contribution in [1.29, 1.82) is 0 Å². The third-order valence-electron chi connectivity index (χ3n) is 3.66. The SMILES string of the molecule is O=C(Nc1ccc(-c2csnn2)cc1)c1cc(Cl)c2c(c1)OCCO2. The van der Waals surface area contributed by atoms with E-state index in [9.17, 15) is 4.79 Å². The molecule has 1 N–H and O–H groups in total. The average Bonchev–Trinajstić information content (AvgIpc) is 3.17. The van der Waals surface area contributed by atoms with Gasteiger partial charge in [-0.05, 0) is 35.8 Å². The summed E-state index contributed by atoms with van der Waals surface area (Å²) in [6.07, 6.45) is 0. The number of benzene rings is 2. The van der Waals surface area contributed by atoms with Crippen LogP contribution in [0.3, 0.4) is 0 Å². The van der Waals surface area contributed by atoms with Crippen LogP contribution in [0.5, 0.6) is 11.5 Å². The average molecular weight is 374 g/mol. The van der Waals surface area contributed by atoms with Crippen LogP contribution in [0.25, 0.3) is 11.3 Å². The number of nitrogens with one attached hydrogen (secondary N) is 1. The second kappa shape index (κ2) is 6.70. The lowest BCUT2D eigenvalue weighted by molar-refractivity contribution is 0.102. The van der Waals surface area contributed by atoms with Crippen molar-refractivity contribution in [2.75, 3.05) is 18.5 Å². The Morgan fingerprint density at radius 1 is 1.16 bits per heavy atom. The van der Waals surface area contributed by atoms with Gasteiger partial charge in [-0.2, -0.15) is 0 Å². The molecule has 0 saturated heterocycles. The smallest absolute Gasteiger partial charge is 0.255 e. The lowest BCUT2D eigenvalue weighted by atomic mass is 10.1. The molecule has 2 aromatic carbocycles. The zero-order valence-electron chi connectivity index (χ0n) is 12.9. The van der Waals surface area contributed by atoms with E-state index in [1.807, 2.05) is 29.6 Å². The van der Waals surface area contributed by atoms with Gasteiger partial charge in [0.2, 0.25) is 0 Å². The highest BCUT2D eigenvalue weighted by Gasteiger charge is 2.19. The van der Waals surface area contributed by atoms with E-state index in [0.717, 1.165) is 11.3 Å². The molecule has 25 heavy (non-hydrogen) atoms. The van der Waals surface area contributed by atoms with Gasteiger partial charge in [-0.25, -0.2) is 0 Å². The molecule has 1 amide bonds. The summed E-state index contributed by atoms with van der Waals surface area (Å²) in [6, 6.07) is 10.6. The van der Waals surface area contributed by atoms with E-state index in [4.69, 9.17) is 21.1 Å². The van der Waals surface area contributed by atoms with Crippen molar-refractivity contribution in [2.45, 2.75) is 0 Å². The number of fused-ring (bicyclic) bond motifs is 1. The predicted octanol–water partition coefficient (Wildman–Crippen LogP) is 3.88. The molecule has 0 unspecified atom stereocenters. The van der Waals surface area contributed by atoms with Crippen molar-refractivity contribution in [3.05, 3.63) is 52.4 Å². The Balaban J connectivity index is 1.53. The summed E-state index contributed by atoms with van der Waals surface area (Å²) in [7, 11) is 0. The van der Waals surface area contributed by atoms with Crippen molar-refractivity contribution in [2.24, 2.45) is 0 Å². The second-order valence-corrected chi connectivity index (χ2v) is 6.32. The van der Waals surface area contributed by atoms with Crippen LogP contribution in [0.15, 0.2) is 41.8 Å². The molecule has 3 aromatic rings. The van der Waals surface area contributed by atoms with Gasteiger partial charge in [0.15, 0.2) is 11.5 Å². The zero-order valence-corrected chi connectivity index (χ0v) is 14.4. The Morgan fingerprint density at radius 3 is 2.72 bits per heavy atom. The molecule has 0 spiro atoms. The fourth-order valence-electron chi connectivity index (χ4n) is 2.46. The van der Waals surface area contributed by atoms with Gasteiger partial charge in [-0.3, -0.25) is 4.79 Å². The van der Waals surface area contributed by atoms with Gasteiger partial charge in [0.05, 0.1) is 5.02 Å². The number of hydrogen-bond acceptors (Lipinski definition) is 6. The van der Waals surface area contributed by atoms with Crippen LogP contribution in [0, 0.1) is 0 Å². The van der Waals surface area contributed by atoms with Gasteiger partial charge < -0.3 is 14.8 Å². The predicted molar refractivity (Wildman–Crippen MR) is 95.7 cm³/mol. The summed E-state index contributed by atoms with van der Waals surface area (Å²) < 4.78 is 14.8. The van der Waals surface area contributed by atoms with Crippen LogP contribution in [-0.2, 0) is 0 Å². The number of aromatic nitrogens is 2. The Bertz CT molecular complexity index is 914. The number of amides is 1.